The number of halogens is 1. The van der Waals surface area contributed by atoms with E-state index in [9.17, 15) is 4.39 Å². The summed E-state index contributed by atoms with van der Waals surface area (Å²) in [6.07, 6.45) is 9.24. The number of hydrazine groups is 1. The molecule has 2 nitrogen and oxygen atoms in total. The summed E-state index contributed by atoms with van der Waals surface area (Å²) in [5.41, 5.74) is 4.64. The number of hydrogen-bond acceptors (Lipinski definition) is 2. The van der Waals surface area contributed by atoms with Crippen LogP contribution in [0.5, 0.6) is 0 Å². The van der Waals surface area contributed by atoms with Crippen molar-refractivity contribution in [2.45, 2.75) is 44.6 Å². The summed E-state index contributed by atoms with van der Waals surface area (Å²) < 4.78 is 13.8. The fourth-order valence-electron chi connectivity index (χ4n) is 2.58. The maximum atomic E-state index is 13.8. The predicted molar refractivity (Wildman–Crippen MR) is 72.2 cm³/mol. The zero-order chi connectivity index (χ0) is 12.8. The van der Waals surface area contributed by atoms with Crippen LogP contribution in [0.4, 0.5) is 4.39 Å². The van der Waals surface area contributed by atoms with Crippen LogP contribution in [0.25, 0.3) is 0 Å². The van der Waals surface area contributed by atoms with Gasteiger partial charge in [0, 0.05) is 5.56 Å². The van der Waals surface area contributed by atoms with Crippen LogP contribution in [0.2, 0.25) is 0 Å². The Morgan fingerprint density at radius 2 is 1.89 bits per heavy atom. The van der Waals surface area contributed by atoms with Crippen molar-refractivity contribution in [3.63, 3.8) is 0 Å². The summed E-state index contributed by atoms with van der Waals surface area (Å²) in [5, 5.41) is 0. The summed E-state index contributed by atoms with van der Waals surface area (Å²) in [6.45, 7) is 0. The number of benzene rings is 1. The smallest absolute Gasteiger partial charge is 0.128 e. The second-order valence-electron chi connectivity index (χ2n) is 4.85. The van der Waals surface area contributed by atoms with E-state index in [0.29, 0.717) is 5.56 Å². The van der Waals surface area contributed by atoms with Gasteiger partial charge in [0.1, 0.15) is 5.82 Å². The lowest BCUT2D eigenvalue weighted by Gasteiger charge is -2.22. The van der Waals surface area contributed by atoms with Crippen molar-refractivity contribution in [1.82, 2.24) is 5.43 Å². The lowest BCUT2D eigenvalue weighted by Crippen LogP contribution is -2.30. The van der Waals surface area contributed by atoms with Gasteiger partial charge in [0.05, 0.1) is 6.04 Å². The molecule has 3 heteroatoms. The first kappa shape index (κ1) is 13.2. The Morgan fingerprint density at radius 1 is 1.11 bits per heavy atom. The van der Waals surface area contributed by atoms with Crippen molar-refractivity contribution >= 4 is 0 Å². The topological polar surface area (TPSA) is 38.0 Å². The number of nitrogens with two attached hydrogens (primary N) is 1. The molecule has 1 aromatic rings. The number of allylic oxidation sites excluding steroid dienone is 1. The van der Waals surface area contributed by atoms with Crippen LogP contribution in [0.3, 0.4) is 0 Å². The molecule has 1 aromatic carbocycles. The van der Waals surface area contributed by atoms with E-state index in [-0.39, 0.29) is 11.9 Å². The molecule has 0 heterocycles. The van der Waals surface area contributed by atoms with Gasteiger partial charge in [0.15, 0.2) is 0 Å². The Morgan fingerprint density at radius 3 is 2.67 bits per heavy atom. The van der Waals surface area contributed by atoms with Crippen LogP contribution in [0.15, 0.2) is 35.9 Å². The molecule has 0 saturated carbocycles. The second-order valence-corrected chi connectivity index (χ2v) is 4.85. The van der Waals surface area contributed by atoms with Gasteiger partial charge in [-0.3, -0.25) is 5.84 Å². The van der Waals surface area contributed by atoms with Gasteiger partial charge in [-0.2, -0.15) is 0 Å². The van der Waals surface area contributed by atoms with Crippen LogP contribution >= 0.6 is 0 Å². The summed E-state index contributed by atoms with van der Waals surface area (Å²) in [7, 11) is 0. The molecule has 3 N–H and O–H groups in total. The van der Waals surface area contributed by atoms with Gasteiger partial charge in [-0.1, -0.05) is 42.7 Å². The summed E-state index contributed by atoms with van der Waals surface area (Å²) in [6, 6.07) is 6.66. The molecule has 0 aromatic heterocycles. The van der Waals surface area contributed by atoms with Crippen molar-refractivity contribution < 1.29 is 4.39 Å². The first-order valence-electron chi connectivity index (χ1n) is 6.72. The molecule has 0 saturated heterocycles. The molecule has 0 amide bonds. The molecule has 1 aliphatic carbocycles. The fourth-order valence-corrected chi connectivity index (χ4v) is 2.58. The Labute approximate surface area is 108 Å². The maximum absolute atomic E-state index is 13.8. The van der Waals surface area contributed by atoms with Gasteiger partial charge < -0.3 is 0 Å². The lowest BCUT2D eigenvalue weighted by molar-refractivity contribution is 0.525. The Balaban J connectivity index is 2.24. The van der Waals surface area contributed by atoms with Gasteiger partial charge in [0.2, 0.25) is 0 Å². The first-order valence-corrected chi connectivity index (χ1v) is 6.72. The van der Waals surface area contributed by atoms with Gasteiger partial charge in [-0.05, 0) is 31.7 Å². The van der Waals surface area contributed by atoms with Crippen LogP contribution in [0.1, 0.15) is 50.1 Å². The monoisotopic (exact) mass is 248 g/mol. The summed E-state index contributed by atoms with van der Waals surface area (Å²) >= 11 is 0. The summed E-state index contributed by atoms with van der Waals surface area (Å²) in [5.74, 6) is 5.45. The highest BCUT2D eigenvalue weighted by molar-refractivity contribution is 5.29. The normalized spacial score (nSPS) is 21.6. The van der Waals surface area contributed by atoms with E-state index in [1.807, 2.05) is 6.07 Å². The van der Waals surface area contributed by atoms with Gasteiger partial charge in [-0.15, -0.1) is 0 Å². The third-order valence-electron chi connectivity index (χ3n) is 3.58. The van der Waals surface area contributed by atoms with E-state index in [2.05, 4.69) is 11.5 Å². The molecular formula is C15H21FN2. The highest BCUT2D eigenvalue weighted by Gasteiger charge is 2.18. The highest BCUT2D eigenvalue weighted by Crippen LogP contribution is 2.29. The van der Waals surface area contributed by atoms with Crippen LogP contribution in [-0.2, 0) is 0 Å². The largest absolute Gasteiger partial charge is 0.271 e. The SMILES string of the molecule is NNC(/C1=C/CCCCCC1)c1ccccc1F. The van der Waals surface area contributed by atoms with Crippen molar-refractivity contribution in [2.24, 2.45) is 5.84 Å². The zero-order valence-corrected chi connectivity index (χ0v) is 10.7. The quantitative estimate of drug-likeness (QED) is 0.487. The van der Waals surface area contributed by atoms with Crippen molar-refractivity contribution in [3.05, 3.63) is 47.3 Å². The average molecular weight is 248 g/mol. The second kappa shape index (κ2) is 6.66. The predicted octanol–water partition coefficient (Wildman–Crippen LogP) is 3.61. The van der Waals surface area contributed by atoms with Crippen molar-refractivity contribution in [2.75, 3.05) is 0 Å². The number of nitrogens with one attached hydrogen (secondary N) is 1. The van der Waals surface area contributed by atoms with Crippen molar-refractivity contribution in [1.29, 1.82) is 0 Å². The number of hydrogen-bond donors (Lipinski definition) is 2. The zero-order valence-electron chi connectivity index (χ0n) is 10.7. The van der Waals surface area contributed by atoms with E-state index in [0.717, 1.165) is 12.8 Å². The minimum Gasteiger partial charge on any atom is -0.271 e. The van der Waals surface area contributed by atoms with Gasteiger partial charge in [0.25, 0.3) is 0 Å². The minimum absolute atomic E-state index is 0.190. The Hall–Kier alpha value is -1.19. The van der Waals surface area contributed by atoms with E-state index in [1.54, 1.807) is 12.1 Å². The molecule has 1 unspecified atom stereocenters. The third-order valence-corrected chi connectivity index (χ3v) is 3.58. The molecule has 0 bridgehead atoms. The fraction of sp³-hybridized carbons (Fsp3) is 0.467. The first-order chi connectivity index (χ1) is 8.83. The molecule has 1 atom stereocenters. The molecule has 2 rings (SSSR count). The molecular weight excluding hydrogens is 227 g/mol. The molecule has 0 radical (unpaired) electrons. The average Bonchev–Trinajstić information content (AvgIpc) is 2.34. The molecule has 98 valence electrons. The molecule has 18 heavy (non-hydrogen) atoms. The number of rotatable bonds is 3. The standard InChI is InChI=1S/C15H21FN2/c16-14-11-7-6-10-13(14)15(18-17)12-8-4-2-1-3-5-9-12/h6-8,10-11,15,18H,1-5,9,17H2/b12-8+. The Kier molecular flexibility index (Phi) is 4.90. The molecule has 0 fully saturated rings. The van der Waals surface area contributed by atoms with Gasteiger partial charge >= 0.3 is 0 Å². The van der Waals surface area contributed by atoms with E-state index in [4.69, 9.17) is 5.84 Å². The molecule has 1 aliphatic rings. The third kappa shape index (κ3) is 3.18. The van der Waals surface area contributed by atoms with Crippen LogP contribution in [-0.4, -0.2) is 0 Å². The highest BCUT2D eigenvalue weighted by atomic mass is 19.1. The summed E-state index contributed by atoms with van der Waals surface area (Å²) in [4.78, 5) is 0. The van der Waals surface area contributed by atoms with Crippen molar-refractivity contribution in [3.8, 4) is 0 Å². The lowest BCUT2D eigenvalue weighted by atomic mass is 9.91. The Bertz CT molecular complexity index is 415. The molecule has 0 aliphatic heterocycles. The van der Waals surface area contributed by atoms with E-state index >= 15 is 0 Å². The van der Waals surface area contributed by atoms with Crippen LogP contribution < -0.4 is 11.3 Å². The van der Waals surface area contributed by atoms with Gasteiger partial charge in [-0.25, -0.2) is 9.82 Å². The van der Waals surface area contributed by atoms with E-state index < -0.39 is 0 Å². The van der Waals surface area contributed by atoms with Crippen LogP contribution in [0, 0.1) is 5.82 Å². The minimum atomic E-state index is -0.191. The maximum Gasteiger partial charge on any atom is 0.128 e. The molecule has 0 spiro atoms. The van der Waals surface area contributed by atoms with E-state index in [1.165, 1.54) is 37.3 Å².